The molecule has 0 aromatic heterocycles. The summed E-state index contributed by atoms with van der Waals surface area (Å²) in [5.74, 6) is -0.0483. The zero-order valence-corrected chi connectivity index (χ0v) is 21.1. The van der Waals surface area contributed by atoms with E-state index in [2.05, 4.69) is 13.0 Å². The lowest BCUT2D eigenvalue weighted by Crippen LogP contribution is -2.55. The average molecular weight is 494 g/mol. The van der Waals surface area contributed by atoms with Crippen molar-refractivity contribution in [3.63, 3.8) is 0 Å². The standard InChI is InChI=1S/C28H32FN3O2S/c1-19-7-3-4-8-20(19)18-26-28(34)30(2)24-17-21(11-12-25(24)35-26)27(33)32-15-13-31(14-16-32)23-10-6-5-9-22(23)29/h3-10,18,21,24-25H,11-17H2,1-2H3/b26-18-. The number of amides is 2. The topological polar surface area (TPSA) is 43.9 Å². The summed E-state index contributed by atoms with van der Waals surface area (Å²) in [4.78, 5) is 33.2. The van der Waals surface area contributed by atoms with E-state index < -0.39 is 0 Å². The number of hydrogen-bond acceptors (Lipinski definition) is 4. The van der Waals surface area contributed by atoms with Crippen LogP contribution in [0.4, 0.5) is 10.1 Å². The third kappa shape index (κ3) is 4.83. The molecule has 0 spiro atoms. The Labute approximate surface area is 211 Å². The number of halogens is 1. The van der Waals surface area contributed by atoms with Crippen molar-refractivity contribution in [3.8, 4) is 0 Å². The molecule has 0 bridgehead atoms. The SMILES string of the molecule is Cc1ccccc1/C=C1\SC2CCC(C(=O)N3CCN(c4ccccc4F)CC3)CC2N(C)C1=O. The van der Waals surface area contributed by atoms with Gasteiger partial charge in [0.1, 0.15) is 5.82 Å². The van der Waals surface area contributed by atoms with Crippen LogP contribution in [0, 0.1) is 18.7 Å². The van der Waals surface area contributed by atoms with Crippen molar-refractivity contribution in [2.45, 2.75) is 37.5 Å². The largest absolute Gasteiger partial charge is 0.366 e. The van der Waals surface area contributed by atoms with Gasteiger partial charge in [0.25, 0.3) is 5.91 Å². The minimum atomic E-state index is -0.219. The highest BCUT2D eigenvalue weighted by Crippen LogP contribution is 2.43. The Hall–Kier alpha value is -2.80. The fraction of sp³-hybridized carbons (Fsp3) is 0.429. The van der Waals surface area contributed by atoms with Crippen molar-refractivity contribution in [3.05, 3.63) is 70.4 Å². The lowest BCUT2D eigenvalue weighted by Gasteiger charge is -2.45. The fourth-order valence-electron chi connectivity index (χ4n) is 5.55. The van der Waals surface area contributed by atoms with E-state index in [-0.39, 0.29) is 29.6 Å². The van der Waals surface area contributed by atoms with Crippen LogP contribution in [0.2, 0.25) is 0 Å². The molecule has 2 amide bonds. The monoisotopic (exact) mass is 493 g/mol. The molecule has 184 valence electrons. The van der Waals surface area contributed by atoms with Gasteiger partial charge in [0.2, 0.25) is 5.91 Å². The van der Waals surface area contributed by atoms with Crippen LogP contribution in [0.25, 0.3) is 6.08 Å². The number of rotatable bonds is 3. The van der Waals surface area contributed by atoms with Crippen LogP contribution < -0.4 is 4.90 Å². The number of para-hydroxylation sites is 1. The first-order valence-electron chi connectivity index (χ1n) is 12.4. The third-order valence-corrected chi connectivity index (χ3v) is 9.07. The van der Waals surface area contributed by atoms with Gasteiger partial charge in [-0.25, -0.2) is 4.39 Å². The number of benzene rings is 2. The van der Waals surface area contributed by atoms with E-state index in [1.54, 1.807) is 23.9 Å². The number of nitrogens with zero attached hydrogens (tertiary/aromatic N) is 3. The van der Waals surface area contributed by atoms with Crippen LogP contribution in [0.15, 0.2) is 53.4 Å². The summed E-state index contributed by atoms with van der Waals surface area (Å²) in [6.45, 7) is 4.53. The van der Waals surface area contributed by atoms with Crippen molar-refractivity contribution >= 4 is 35.3 Å². The Morgan fingerprint density at radius 2 is 1.74 bits per heavy atom. The first kappa shape index (κ1) is 23.9. The molecule has 0 N–H and O–H groups in total. The van der Waals surface area contributed by atoms with Crippen molar-refractivity contribution in [1.82, 2.24) is 9.80 Å². The number of fused-ring (bicyclic) bond motifs is 1. The molecule has 2 aromatic rings. The minimum Gasteiger partial charge on any atom is -0.366 e. The second kappa shape index (κ2) is 10.1. The maximum atomic E-state index is 14.2. The summed E-state index contributed by atoms with van der Waals surface area (Å²) < 4.78 is 14.2. The van der Waals surface area contributed by atoms with E-state index in [0.29, 0.717) is 43.5 Å². The first-order chi connectivity index (χ1) is 16.9. The molecule has 1 saturated carbocycles. The van der Waals surface area contributed by atoms with Crippen molar-refractivity contribution in [1.29, 1.82) is 0 Å². The highest BCUT2D eigenvalue weighted by atomic mass is 32.2. The van der Waals surface area contributed by atoms with Crippen LogP contribution in [0.3, 0.4) is 0 Å². The smallest absolute Gasteiger partial charge is 0.260 e. The summed E-state index contributed by atoms with van der Waals surface area (Å²) >= 11 is 1.68. The number of anilines is 1. The first-order valence-corrected chi connectivity index (χ1v) is 13.3. The molecule has 7 heteroatoms. The van der Waals surface area contributed by atoms with E-state index in [0.717, 1.165) is 28.9 Å². The highest BCUT2D eigenvalue weighted by molar-refractivity contribution is 8.04. The number of thioether (sulfide) groups is 1. The van der Waals surface area contributed by atoms with Crippen LogP contribution >= 0.6 is 11.8 Å². The van der Waals surface area contributed by atoms with Crippen molar-refractivity contribution < 1.29 is 14.0 Å². The van der Waals surface area contributed by atoms with E-state index in [9.17, 15) is 14.0 Å². The molecule has 2 aliphatic heterocycles. The fourth-order valence-corrected chi connectivity index (χ4v) is 7.02. The quantitative estimate of drug-likeness (QED) is 0.588. The Morgan fingerprint density at radius 1 is 1.03 bits per heavy atom. The number of piperazine rings is 1. The van der Waals surface area contributed by atoms with Gasteiger partial charge in [-0.2, -0.15) is 0 Å². The van der Waals surface area contributed by atoms with E-state index in [1.807, 2.05) is 52.1 Å². The molecule has 1 aliphatic carbocycles. The predicted octanol–water partition coefficient (Wildman–Crippen LogP) is 4.57. The van der Waals surface area contributed by atoms with Gasteiger partial charge in [0.15, 0.2) is 0 Å². The summed E-state index contributed by atoms with van der Waals surface area (Å²) in [5, 5.41) is 0.315. The maximum Gasteiger partial charge on any atom is 0.260 e. The normalized spacial score (nSPS) is 26.1. The van der Waals surface area contributed by atoms with Gasteiger partial charge < -0.3 is 14.7 Å². The minimum absolute atomic E-state index is 0.0473. The number of aryl methyl sites for hydroxylation is 1. The lowest BCUT2D eigenvalue weighted by molar-refractivity contribution is -0.139. The number of carbonyl (C=O) groups is 2. The van der Waals surface area contributed by atoms with Crippen LogP contribution in [-0.4, -0.2) is 66.1 Å². The predicted molar refractivity (Wildman–Crippen MR) is 140 cm³/mol. The van der Waals surface area contributed by atoms with E-state index >= 15 is 0 Å². The van der Waals surface area contributed by atoms with E-state index in [1.165, 1.54) is 6.07 Å². The van der Waals surface area contributed by atoms with Gasteiger partial charge in [0.05, 0.1) is 10.6 Å². The molecule has 3 aliphatic rings. The van der Waals surface area contributed by atoms with Gasteiger partial charge in [0, 0.05) is 50.4 Å². The molecular formula is C28H32FN3O2S. The molecule has 0 radical (unpaired) electrons. The Bertz CT molecular complexity index is 1140. The second-order valence-electron chi connectivity index (χ2n) is 9.78. The van der Waals surface area contributed by atoms with Crippen LogP contribution in [0.5, 0.6) is 0 Å². The molecule has 3 atom stereocenters. The summed E-state index contributed by atoms with van der Waals surface area (Å²) in [5.41, 5.74) is 2.84. The zero-order chi connectivity index (χ0) is 24.5. The molecule has 5 rings (SSSR count). The van der Waals surface area contributed by atoms with Crippen LogP contribution in [0.1, 0.15) is 30.4 Å². The zero-order valence-electron chi connectivity index (χ0n) is 20.3. The lowest BCUT2D eigenvalue weighted by atomic mass is 9.83. The Kier molecular flexibility index (Phi) is 6.87. The summed E-state index contributed by atoms with van der Waals surface area (Å²) in [7, 11) is 1.88. The van der Waals surface area contributed by atoms with Gasteiger partial charge in [-0.1, -0.05) is 36.4 Å². The maximum absolute atomic E-state index is 14.2. The molecule has 35 heavy (non-hydrogen) atoms. The Balaban J connectivity index is 1.21. The third-order valence-electron chi connectivity index (χ3n) is 7.67. The average Bonchev–Trinajstić information content (AvgIpc) is 2.88. The summed E-state index contributed by atoms with van der Waals surface area (Å²) in [6, 6.07) is 15.0. The molecule has 5 nitrogen and oxygen atoms in total. The Morgan fingerprint density at radius 3 is 2.49 bits per heavy atom. The number of carbonyl (C=O) groups excluding carboxylic acids is 2. The van der Waals surface area contributed by atoms with Gasteiger partial charge >= 0.3 is 0 Å². The van der Waals surface area contributed by atoms with Crippen molar-refractivity contribution in [2.24, 2.45) is 5.92 Å². The number of hydrogen-bond donors (Lipinski definition) is 0. The van der Waals surface area contributed by atoms with Gasteiger partial charge in [-0.3, -0.25) is 9.59 Å². The number of likely N-dealkylation sites (N-methyl/N-ethyl adjacent to an activating group) is 1. The molecule has 2 aromatic carbocycles. The molecule has 2 saturated heterocycles. The van der Waals surface area contributed by atoms with Crippen molar-refractivity contribution in [2.75, 3.05) is 38.1 Å². The molecular weight excluding hydrogens is 461 g/mol. The van der Waals surface area contributed by atoms with Gasteiger partial charge in [-0.15, -0.1) is 11.8 Å². The highest BCUT2D eigenvalue weighted by Gasteiger charge is 2.43. The van der Waals surface area contributed by atoms with Crippen LogP contribution in [-0.2, 0) is 9.59 Å². The van der Waals surface area contributed by atoms with E-state index in [4.69, 9.17) is 0 Å². The molecule has 3 fully saturated rings. The molecule has 2 heterocycles. The molecule has 3 unspecified atom stereocenters. The summed E-state index contributed by atoms with van der Waals surface area (Å²) in [6.07, 6.45) is 4.50. The van der Waals surface area contributed by atoms with Gasteiger partial charge in [-0.05, 0) is 55.5 Å². The second-order valence-corrected chi connectivity index (χ2v) is 11.1.